The van der Waals surface area contributed by atoms with Gasteiger partial charge in [0.2, 0.25) is 0 Å². The number of carbonyl (C=O) groups excluding carboxylic acids is 2. The van der Waals surface area contributed by atoms with Gasteiger partial charge in [0.15, 0.2) is 0 Å². The fourth-order valence-electron chi connectivity index (χ4n) is 9.58. The van der Waals surface area contributed by atoms with Crippen molar-refractivity contribution in [2.24, 2.45) is 23.7 Å². The molecule has 2 bridgehead atoms. The molecule has 1 fully saturated rings. The van der Waals surface area contributed by atoms with Crippen molar-refractivity contribution in [1.29, 1.82) is 10.5 Å². The van der Waals surface area contributed by atoms with Gasteiger partial charge in [-0.05, 0) is 115 Å². The van der Waals surface area contributed by atoms with E-state index in [4.69, 9.17) is 29.5 Å². The molecule has 0 aliphatic heterocycles. The lowest BCUT2D eigenvalue weighted by atomic mass is 9.83. The van der Waals surface area contributed by atoms with Crippen LogP contribution in [-0.4, -0.2) is 38.4 Å². The molecule has 4 aromatic carbocycles. The van der Waals surface area contributed by atoms with Crippen LogP contribution in [0.25, 0.3) is 22.3 Å². The van der Waals surface area contributed by atoms with E-state index in [9.17, 15) is 9.59 Å². The Hall–Kier alpha value is -5.86. The Morgan fingerprint density at radius 1 is 0.388 bits per heavy atom. The van der Waals surface area contributed by atoms with Crippen molar-refractivity contribution in [3.63, 3.8) is 0 Å². The van der Waals surface area contributed by atoms with Crippen LogP contribution in [0.5, 0.6) is 11.5 Å². The van der Waals surface area contributed by atoms with Crippen LogP contribution in [0, 0.1) is 46.3 Å². The zero-order valence-electron chi connectivity index (χ0n) is 39.7. The molecule has 6 rings (SSSR count). The van der Waals surface area contributed by atoms with Crippen molar-refractivity contribution in [3.05, 3.63) is 120 Å². The quantitative estimate of drug-likeness (QED) is 0.0270. The first-order chi connectivity index (χ1) is 33.0. The third kappa shape index (κ3) is 17.1. The predicted octanol–water partition coefficient (Wildman–Crippen LogP) is 14.5. The highest BCUT2D eigenvalue weighted by molar-refractivity contribution is 5.84. The Kier molecular flexibility index (Phi) is 21.9. The van der Waals surface area contributed by atoms with Gasteiger partial charge in [0, 0.05) is 0 Å². The largest absolute Gasteiger partial charge is 0.494 e. The summed E-state index contributed by atoms with van der Waals surface area (Å²) >= 11 is 0. The molecule has 1 saturated carbocycles. The molecule has 0 aromatic heterocycles. The number of nitriles is 2. The van der Waals surface area contributed by atoms with E-state index in [1.54, 1.807) is 0 Å². The molecule has 354 valence electrons. The second-order valence-corrected chi connectivity index (χ2v) is 18.5. The summed E-state index contributed by atoms with van der Waals surface area (Å²) in [4.78, 5) is 26.4. The SMILES string of the molecule is N#Cc1ccc(-c2ccc(OCCCCCCCCCCCCOC(=O)C3C4C=CC(C4)C3C(=O)OCCCCCCCCCCCCOc3ccc(-c4ccc(C#N)cc4)cc3)cc2)cc1. The van der Waals surface area contributed by atoms with Crippen LogP contribution in [0.2, 0.25) is 0 Å². The van der Waals surface area contributed by atoms with Gasteiger partial charge in [0.25, 0.3) is 0 Å². The van der Waals surface area contributed by atoms with Crippen LogP contribution >= 0.6 is 0 Å². The number of carbonyl (C=O) groups is 2. The van der Waals surface area contributed by atoms with Crippen molar-refractivity contribution in [3.8, 4) is 45.9 Å². The lowest BCUT2D eigenvalue weighted by molar-refractivity contribution is -0.161. The van der Waals surface area contributed by atoms with Gasteiger partial charge in [-0.15, -0.1) is 0 Å². The highest BCUT2D eigenvalue weighted by Crippen LogP contribution is 2.49. The second-order valence-electron chi connectivity index (χ2n) is 18.5. The second kappa shape index (κ2) is 29.0. The number of fused-ring (bicyclic) bond motifs is 2. The zero-order chi connectivity index (χ0) is 46.7. The van der Waals surface area contributed by atoms with E-state index in [1.807, 2.05) is 72.8 Å². The van der Waals surface area contributed by atoms with Crippen molar-refractivity contribution < 1.29 is 28.5 Å². The maximum absolute atomic E-state index is 13.2. The normalized spacial score (nSPS) is 16.9. The van der Waals surface area contributed by atoms with Crippen LogP contribution in [0.1, 0.15) is 146 Å². The summed E-state index contributed by atoms with van der Waals surface area (Å²) in [5.74, 6) is 0.686. The molecule has 0 radical (unpaired) electrons. The Bertz CT molecular complexity index is 2010. The summed E-state index contributed by atoms with van der Waals surface area (Å²) in [5, 5.41) is 18.0. The van der Waals surface area contributed by atoms with Gasteiger partial charge in [0.05, 0.1) is 61.5 Å². The molecule has 0 heterocycles. The van der Waals surface area contributed by atoms with Crippen molar-refractivity contribution in [2.45, 2.75) is 135 Å². The van der Waals surface area contributed by atoms with Gasteiger partial charge in [-0.3, -0.25) is 9.59 Å². The molecule has 0 saturated heterocycles. The first kappa shape index (κ1) is 50.6. The molecule has 8 heteroatoms. The van der Waals surface area contributed by atoms with E-state index in [1.165, 1.54) is 77.0 Å². The number of ether oxygens (including phenoxy) is 4. The molecule has 2 aliphatic rings. The monoisotopic (exact) mass is 905 g/mol. The smallest absolute Gasteiger partial charge is 0.310 e. The number of nitrogens with zero attached hydrogens (tertiary/aromatic N) is 2. The topological polar surface area (TPSA) is 119 Å². The van der Waals surface area contributed by atoms with Crippen LogP contribution in [0.15, 0.2) is 109 Å². The summed E-state index contributed by atoms with van der Waals surface area (Å²) in [6.45, 7) is 2.32. The maximum atomic E-state index is 13.2. The molecule has 0 N–H and O–H groups in total. The summed E-state index contributed by atoms with van der Waals surface area (Å²) in [7, 11) is 0. The van der Waals surface area contributed by atoms with Gasteiger partial charge < -0.3 is 18.9 Å². The molecule has 0 spiro atoms. The minimum Gasteiger partial charge on any atom is -0.494 e. The van der Waals surface area contributed by atoms with E-state index < -0.39 is 11.8 Å². The number of unbranched alkanes of at least 4 members (excludes halogenated alkanes) is 18. The molecule has 4 unspecified atom stereocenters. The van der Waals surface area contributed by atoms with Crippen molar-refractivity contribution >= 4 is 11.9 Å². The van der Waals surface area contributed by atoms with Gasteiger partial charge >= 0.3 is 11.9 Å². The van der Waals surface area contributed by atoms with Crippen molar-refractivity contribution in [2.75, 3.05) is 26.4 Å². The molecule has 8 nitrogen and oxygen atoms in total. The molecule has 0 amide bonds. The molecule has 4 aromatic rings. The average molecular weight is 905 g/mol. The van der Waals surface area contributed by atoms with Gasteiger partial charge in [-0.2, -0.15) is 10.5 Å². The Labute approximate surface area is 400 Å². The number of hydrogen-bond acceptors (Lipinski definition) is 8. The van der Waals surface area contributed by atoms with E-state index in [2.05, 4.69) is 48.6 Å². The summed E-state index contributed by atoms with van der Waals surface area (Å²) < 4.78 is 23.4. The fourth-order valence-corrected chi connectivity index (χ4v) is 9.58. The summed E-state index contributed by atoms with van der Waals surface area (Å²) in [6.07, 6.45) is 28.0. The first-order valence-electron chi connectivity index (χ1n) is 25.5. The van der Waals surface area contributed by atoms with Crippen molar-refractivity contribution in [1.82, 2.24) is 0 Å². The third-order valence-electron chi connectivity index (χ3n) is 13.5. The lowest BCUT2D eigenvalue weighted by Gasteiger charge is -2.25. The van der Waals surface area contributed by atoms with Crippen LogP contribution in [-0.2, 0) is 19.1 Å². The molecular formula is C59H72N2O6. The number of hydrogen-bond donors (Lipinski definition) is 0. The van der Waals surface area contributed by atoms with Gasteiger partial charge in [-0.1, -0.05) is 163 Å². The standard InChI is InChI=1S/C59H72N2O6/c60-44-46-21-25-48(26-22-46)50-31-35-54(36-32-50)64-39-17-13-9-5-1-3-7-11-15-19-41-66-58(62)56-52-29-30-53(43-52)57(56)59(63)67-42-20-16-12-8-4-2-6-10-14-18-40-65-55-37-33-51(34-38-55)49-27-23-47(45-61)24-28-49/h21-38,52-53,56-57H,1-20,39-43H2. The first-order valence-corrected chi connectivity index (χ1v) is 25.5. The minimum atomic E-state index is -0.409. The zero-order valence-corrected chi connectivity index (χ0v) is 39.7. The number of rotatable bonds is 32. The Morgan fingerprint density at radius 2 is 0.657 bits per heavy atom. The van der Waals surface area contributed by atoms with Crippen LogP contribution < -0.4 is 9.47 Å². The number of esters is 2. The van der Waals surface area contributed by atoms with E-state index >= 15 is 0 Å². The highest BCUT2D eigenvalue weighted by Gasteiger charge is 2.53. The van der Waals surface area contributed by atoms with Crippen LogP contribution in [0.4, 0.5) is 0 Å². The summed E-state index contributed by atoms with van der Waals surface area (Å²) in [6, 6.07) is 35.9. The number of allylic oxidation sites excluding steroid dienone is 2. The van der Waals surface area contributed by atoms with E-state index in [0.717, 1.165) is 105 Å². The maximum Gasteiger partial charge on any atom is 0.310 e. The molecule has 67 heavy (non-hydrogen) atoms. The van der Waals surface area contributed by atoms with E-state index in [0.29, 0.717) is 24.3 Å². The molecule has 4 atom stereocenters. The number of benzene rings is 4. The highest BCUT2D eigenvalue weighted by atomic mass is 16.5. The van der Waals surface area contributed by atoms with E-state index in [-0.39, 0.29) is 23.8 Å². The van der Waals surface area contributed by atoms with Gasteiger partial charge in [-0.25, -0.2) is 0 Å². The summed E-state index contributed by atoms with van der Waals surface area (Å²) in [5.41, 5.74) is 5.74. The minimum absolute atomic E-state index is 0.0844. The van der Waals surface area contributed by atoms with Gasteiger partial charge in [0.1, 0.15) is 11.5 Å². The predicted molar refractivity (Wildman–Crippen MR) is 266 cm³/mol. The lowest BCUT2D eigenvalue weighted by Crippen LogP contribution is -2.35. The Balaban J connectivity index is 0.696. The average Bonchev–Trinajstić information content (AvgIpc) is 4.00. The molecular weight excluding hydrogens is 833 g/mol. The fraction of sp³-hybridized carbons (Fsp3) is 0.492. The van der Waals surface area contributed by atoms with Crippen LogP contribution in [0.3, 0.4) is 0 Å². The third-order valence-corrected chi connectivity index (χ3v) is 13.5. The molecule has 2 aliphatic carbocycles. The Morgan fingerprint density at radius 3 is 0.955 bits per heavy atom.